The molecule has 27 heavy (non-hydrogen) atoms. The lowest BCUT2D eigenvalue weighted by Crippen LogP contribution is -2.19. The SMILES string of the molecule is COc1ccc(CC(=O)NN=Cc2ccc(OCC(=O)O)c(OC)c2)cc1. The number of ether oxygens (including phenoxy) is 3. The van der Waals surface area contributed by atoms with E-state index < -0.39 is 12.6 Å². The molecule has 0 aliphatic rings. The van der Waals surface area contributed by atoms with Crippen molar-refractivity contribution in [1.29, 1.82) is 0 Å². The van der Waals surface area contributed by atoms with Crippen LogP contribution in [0.5, 0.6) is 17.2 Å². The van der Waals surface area contributed by atoms with Crippen molar-refractivity contribution in [3.8, 4) is 17.2 Å². The lowest BCUT2D eigenvalue weighted by molar-refractivity contribution is -0.139. The molecule has 0 unspecified atom stereocenters. The summed E-state index contributed by atoms with van der Waals surface area (Å²) in [5.74, 6) is 0.0549. The fraction of sp³-hybridized carbons (Fsp3) is 0.211. The molecule has 2 aromatic carbocycles. The standard InChI is InChI=1S/C19H20N2O6/c1-25-15-6-3-13(4-7-15)10-18(22)21-20-11-14-5-8-16(17(9-14)26-2)27-12-19(23)24/h3-9,11H,10,12H2,1-2H3,(H,21,22)(H,23,24). The number of aliphatic carboxylic acids is 1. The Kier molecular flexibility index (Phi) is 7.18. The summed E-state index contributed by atoms with van der Waals surface area (Å²) in [5, 5.41) is 12.6. The Bertz CT molecular complexity index is 817. The number of nitrogens with zero attached hydrogens (tertiary/aromatic N) is 1. The van der Waals surface area contributed by atoms with Crippen molar-refractivity contribution in [3.05, 3.63) is 53.6 Å². The summed E-state index contributed by atoms with van der Waals surface area (Å²) in [6.45, 7) is -0.467. The predicted molar refractivity (Wildman–Crippen MR) is 98.6 cm³/mol. The largest absolute Gasteiger partial charge is 0.497 e. The summed E-state index contributed by atoms with van der Waals surface area (Å²) in [7, 11) is 3.02. The third-order valence-corrected chi connectivity index (χ3v) is 3.47. The van der Waals surface area contributed by atoms with E-state index in [1.807, 2.05) is 12.1 Å². The summed E-state index contributed by atoms with van der Waals surface area (Å²) < 4.78 is 15.4. The van der Waals surface area contributed by atoms with Crippen molar-refractivity contribution in [3.63, 3.8) is 0 Å². The van der Waals surface area contributed by atoms with E-state index in [1.165, 1.54) is 13.3 Å². The van der Waals surface area contributed by atoms with Gasteiger partial charge in [0.2, 0.25) is 5.91 Å². The summed E-state index contributed by atoms with van der Waals surface area (Å²) >= 11 is 0. The number of hydrogen-bond donors (Lipinski definition) is 2. The van der Waals surface area contributed by atoms with Gasteiger partial charge in [0, 0.05) is 0 Å². The Morgan fingerprint density at radius 2 is 1.81 bits per heavy atom. The van der Waals surface area contributed by atoms with Gasteiger partial charge in [0.15, 0.2) is 18.1 Å². The molecule has 8 heteroatoms. The molecular formula is C19H20N2O6. The van der Waals surface area contributed by atoms with Gasteiger partial charge in [-0.05, 0) is 41.5 Å². The zero-order valence-electron chi connectivity index (χ0n) is 15.0. The molecule has 0 atom stereocenters. The first kappa shape index (κ1) is 19.8. The molecule has 2 rings (SSSR count). The maximum absolute atomic E-state index is 11.9. The molecule has 0 heterocycles. The Labute approximate surface area is 156 Å². The predicted octanol–water partition coefficient (Wildman–Crippen LogP) is 1.86. The summed E-state index contributed by atoms with van der Waals surface area (Å²) in [6.07, 6.45) is 1.64. The zero-order chi connectivity index (χ0) is 19.6. The smallest absolute Gasteiger partial charge is 0.341 e. The van der Waals surface area contributed by atoms with Gasteiger partial charge in [0.1, 0.15) is 5.75 Å². The minimum atomic E-state index is -1.08. The Balaban J connectivity index is 1.92. The van der Waals surface area contributed by atoms with E-state index in [0.717, 1.165) is 11.3 Å². The highest BCUT2D eigenvalue weighted by molar-refractivity contribution is 5.84. The van der Waals surface area contributed by atoms with E-state index in [4.69, 9.17) is 19.3 Å². The number of hydrazone groups is 1. The van der Waals surface area contributed by atoms with Crippen LogP contribution in [0.3, 0.4) is 0 Å². The van der Waals surface area contributed by atoms with Gasteiger partial charge in [-0.25, -0.2) is 10.2 Å². The molecule has 2 N–H and O–H groups in total. The van der Waals surface area contributed by atoms with Gasteiger partial charge in [-0.15, -0.1) is 0 Å². The van der Waals surface area contributed by atoms with Gasteiger partial charge >= 0.3 is 5.97 Å². The van der Waals surface area contributed by atoms with Crippen molar-refractivity contribution < 1.29 is 28.9 Å². The maximum Gasteiger partial charge on any atom is 0.341 e. The van der Waals surface area contributed by atoms with Crippen LogP contribution in [0.4, 0.5) is 0 Å². The van der Waals surface area contributed by atoms with E-state index in [0.29, 0.717) is 17.1 Å². The van der Waals surface area contributed by atoms with E-state index in [1.54, 1.807) is 37.4 Å². The van der Waals surface area contributed by atoms with Gasteiger partial charge in [-0.1, -0.05) is 12.1 Å². The maximum atomic E-state index is 11.9. The molecular weight excluding hydrogens is 352 g/mol. The van der Waals surface area contributed by atoms with Gasteiger partial charge in [0.25, 0.3) is 0 Å². The summed E-state index contributed by atoms with van der Waals surface area (Å²) in [5.41, 5.74) is 3.94. The molecule has 0 aromatic heterocycles. The first-order chi connectivity index (χ1) is 13.0. The second kappa shape index (κ2) is 9.81. The average molecular weight is 372 g/mol. The zero-order valence-corrected chi connectivity index (χ0v) is 15.0. The second-order valence-electron chi connectivity index (χ2n) is 5.41. The molecule has 0 saturated carbocycles. The fourth-order valence-corrected chi connectivity index (χ4v) is 2.17. The minimum absolute atomic E-state index is 0.187. The Hall–Kier alpha value is -3.55. The molecule has 1 amide bonds. The summed E-state index contributed by atoms with van der Waals surface area (Å²) in [6, 6.07) is 12.0. The second-order valence-corrected chi connectivity index (χ2v) is 5.41. The van der Waals surface area contributed by atoms with Crippen LogP contribution in [0.1, 0.15) is 11.1 Å². The third-order valence-electron chi connectivity index (χ3n) is 3.47. The van der Waals surface area contributed by atoms with Crippen molar-refractivity contribution >= 4 is 18.1 Å². The number of amides is 1. The highest BCUT2D eigenvalue weighted by Gasteiger charge is 2.07. The molecule has 8 nitrogen and oxygen atoms in total. The van der Waals surface area contributed by atoms with E-state index in [-0.39, 0.29) is 12.3 Å². The highest BCUT2D eigenvalue weighted by Crippen LogP contribution is 2.27. The minimum Gasteiger partial charge on any atom is -0.497 e. The van der Waals surface area contributed by atoms with Gasteiger partial charge < -0.3 is 19.3 Å². The number of nitrogens with one attached hydrogen (secondary N) is 1. The van der Waals surface area contributed by atoms with Crippen molar-refractivity contribution in [2.75, 3.05) is 20.8 Å². The molecule has 0 fully saturated rings. The van der Waals surface area contributed by atoms with Crippen molar-refractivity contribution in [2.45, 2.75) is 6.42 Å². The molecule has 0 saturated heterocycles. The van der Waals surface area contributed by atoms with Crippen molar-refractivity contribution in [1.82, 2.24) is 5.43 Å². The number of benzene rings is 2. The number of carbonyl (C=O) groups excluding carboxylic acids is 1. The lowest BCUT2D eigenvalue weighted by atomic mass is 10.1. The highest BCUT2D eigenvalue weighted by atomic mass is 16.5. The van der Waals surface area contributed by atoms with Crippen LogP contribution in [0.15, 0.2) is 47.6 Å². The number of carboxylic acid groups (broad SMARTS) is 1. The van der Waals surface area contributed by atoms with Gasteiger partial charge in [0.05, 0.1) is 26.9 Å². The van der Waals surface area contributed by atoms with Crippen LogP contribution in [-0.2, 0) is 16.0 Å². The number of rotatable bonds is 9. The normalized spacial score (nSPS) is 10.4. The third kappa shape index (κ3) is 6.35. The first-order valence-electron chi connectivity index (χ1n) is 7.99. The van der Waals surface area contributed by atoms with Crippen LogP contribution in [-0.4, -0.2) is 44.0 Å². The number of carboxylic acids is 1. The molecule has 0 radical (unpaired) electrons. The first-order valence-corrected chi connectivity index (χ1v) is 7.99. The average Bonchev–Trinajstić information content (AvgIpc) is 2.67. The van der Waals surface area contributed by atoms with Gasteiger partial charge in [-0.2, -0.15) is 5.10 Å². The number of hydrogen-bond acceptors (Lipinski definition) is 6. The summed E-state index contributed by atoms with van der Waals surface area (Å²) in [4.78, 5) is 22.5. The van der Waals surface area contributed by atoms with Crippen LogP contribution >= 0.6 is 0 Å². The monoisotopic (exact) mass is 372 g/mol. The van der Waals surface area contributed by atoms with Crippen LogP contribution in [0, 0.1) is 0 Å². The van der Waals surface area contributed by atoms with E-state index in [2.05, 4.69) is 10.5 Å². The fourth-order valence-electron chi connectivity index (χ4n) is 2.17. The molecule has 0 spiro atoms. The topological polar surface area (TPSA) is 106 Å². The molecule has 0 aliphatic carbocycles. The van der Waals surface area contributed by atoms with Crippen LogP contribution in [0.25, 0.3) is 0 Å². The quantitative estimate of drug-likeness (QED) is 0.514. The lowest BCUT2D eigenvalue weighted by Gasteiger charge is -2.09. The molecule has 142 valence electrons. The molecule has 0 aliphatic heterocycles. The van der Waals surface area contributed by atoms with Gasteiger partial charge in [-0.3, -0.25) is 4.79 Å². The number of methoxy groups -OCH3 is 2. The number of carbonyl (C=O) groups is 2. The van der Waals surface area contributed by atoms with E-state index >= 15 is 0 Å². The van der Waals surface area contributed by atoms with Crippen molar-refractivity contribution in [2.24, 2.45) is 5.10 Å². The van der Waals surface area contributed by atoms with Crippen LogP contribution in [0.2, 0.25) is 0 Å². The van der Waals surface area contributed by atoms with E-state index in [9.17, 15) is 9.59 Å². The Morgan fingerprint density at radius 1 is 1.07 bits per heavy atom. The Morgan fingerprint density at radius 3 is 2.44 bits per heavy atom. The van der Waals surface area contributed by atoms with Crippen LogP contribution < -0.4 is 19.6 Å². The molecule has 2 aromatic rings. The molecule has 0 bridgehead atoms.